The summed E-state index contributed by atoms with van der Waals surface area (Å²) in [4.78, 5) is 25.7. The molecule has 0 fully saturated rings. The highest BCUT2D eigenvalue weighted by Crippen LogP contribution is 2.29. The van der Waals surface area contributed by atoms with Gasteiger partial charge in [0.25, 0.3) is 0 Å². The molecule has 4 aromatic rings. The van der Waals surface area contributed by atoms with E-state index in [1.54, 1.807) is 48.5 Å². The van der Waals surface area contributed by atoms with Crippen molar-refractivity contribution in [2.24, 2.45) is 0 Å². The Kier molecular flexibility index (Phi) is 6.76. The number of furan rings is 1. The van der Waals surface area contributed by atoms with E-state index in [0.717, 1.165) is 36.8 Å². The van der Waals surface area contributed by atoms with E-state index in [2.05, 4.69) is 6.92 Å². The molecule has 0 bridgehead atoms. The molecule has 0 radical (unpaired) electrons. The van der Waals surface area contributed by atoms with Crippen LogP contribution in [0.4, 0.5) is 0 Å². The number of halogens is 1. The van der Waals surface area contributed by atoms with Crippen LogP contribution in [-0.2, 0) is 6.42 Å². The minimum atomic E-state index is -0.593. The zero-order valence-electron chi connectivity index (χ0n) is 17.7. The maximum atomic E-state index is 13.2. The molecule has 5 nitrogen and oxygen atoms in total. The molecule has 0 aliphatic rings. The predicted molar refractivity (Wildman–Crippen MR) is 124 cm³/mol. The van der Waals surface area contributed by atoms with Crippen LogP contribution in [0, 0.1) is 0 Å². The Bertz CT molecular complexity index is 1270. The molecule has 0 unspecified atom stereocenters. The summed E-state index contributed by atoms with van der Waals surface area (Å²) in [6, 6.07) is 13.6. The topological polar surface area (TPSA) is 69.7 Å². The highest BCUT2D eigenvalue weighted by atomic mass is 35.5. The number of hydrogen-bond acceptors (Lipinski definition) is 5. The molecule has 0 saturated heterocycles. The summed E-state index contributed by atoms with van der Waals surface area (Å²) in [5, 5.41) is 1.04. The summed E-state index contributed by atoms with van der Waals surface area (Å²) in [7, 11) is 0. The van der Waals surface area contributed by atoms with Crippen molar-refractivity contribution >= 4 is 28.5 Å². The van der Waals surface area contributed by atoms with Gasteiger partial charge in [-0.05, 0) is 54.3 Å². The van der Waals surface area contributed by atoms with E-state index in [0.29, 0.717) is 33.7 Å². The van der Waals surface area contributed by atoms with Gasteiger partial charge in [-0.15, -0.1) is 0 Å². The Hall–Kier alpha value is -3.31. The Morgan fingerprint density at radius 3 is 2.56 bits per heavy atom. The zero-order chi connectivity index (χ0) is 22.5. The lowest BCUT2D eigenvalue weighted by molar-refractivity contribution is 0.0700. The molecule has 2 aromatic heterocycles. The predicted octanol–water partition coefficient (Wildman–Crippen LogP) is 7.05. The first kappa shape index (κ1) is 21.9. The van der Waals surface area contributed by atoms with Gasteiger partial charge in [0, 0.05) is 11.1 Å². The molecule has 0 atom stereocenters. The van der Waals surface area contributed by atoms with Crippen molar-refractivity contribution in [3.05, 3.63) is 87.6 Å². The largest absolute Gasteiger partial charge is 0.463 e. The van der Waals surface area contributed by atoms with Crippen molar-refractivity contribution in [1.29, 1.82) is 0 Å². The number of fused-ring (bicyclic) bond motifs is 1. The van der Waals surface area contributed by atoms with E-state index in [9.17, 15) is 9.59 Å². The minimum Gasteiger partial charge on any atom is -0.463 e. The van der Waals surface area contributed by atoms with Gasteiger partial charge >= 0.3 is 5.97 Å². The molecule has 0 N–H and O–H groups in total. The lowest BCUT2D eigenvalue weighted by Gasteiger charge is -2.12. The van der Waals surface area contributed by atoms with Crippen LogP contribution < -0.4 is 10.2 Å². The number of aryl methyl sites for hydroxylation is 1. The monoisotopic (exact) mass is 450 g/mol. The summed E-state index contributed by atoms with van der Waals surface area (Å²) >= 11 is 5.97. The van der Waals surface area contributed by atoms with E-state index in [1.807, 2.05) is 0 Å². The average molecular weight is 451 g/mol. The molecule has 0 amide bonds. The SMILES string of the molecule is CCCCCCc1cc2c(=O)c(-c3ccc(Cl)cc3)coc2cc1OC(=O)c1ccco1. The first-order chi connectivity index (χ1) is 15.6. The summed E-state index contributed by atoms with van der Waals surface area (Å²) in [6.45, 7) is 2.15. The van der Waals surface area contributed by atoms with Gasteiger partial charge in [0.2, 0.25) is 11.2 Å². The molecule has 4 rings (SSSR count). The number of rotatable bonds is 8. The zero-order valence-corrected chi connectivity index (χ0v) is 18.5. The Labute approximate surface area is 190 Å². The molecular weight excluding hydrogens is 428 g/mol. The molecule has 2 aromatic carbocycles. The second-order valence-corrected chi connectivity index (χ2v) is 8.06. The van der Waals surface area contributed by atoms with Crippen LogP contribution in [0.2, 0.25) is 5.02 Å². The van der Waals surface area contributed by atoms with Gasteiger partial charge in [-0.2, -0.15) is 0 Å². The highest BCUT2D eigenvalue weighted by molar-refractivity contribution is 6.30. The quantitative estimate of drug-likeness (QED) is 0.163. The van der Waals surface area contributed by atoms with Gasteiger partial charge in [0.1, 0.15) is 17.6 Å². The maximum Gasteiger partial charge on any atom is 0.379 e. The van der Waals surface area contributed by atoms with Crippen molar-refractivity contribution in [2.75, 3.05) is 0 Å². The van der Waals surface area contributed by atoms with Gasteiger partial charge in [0.15, 0.2) is 0 Å². The van der Waals surface area contributed by atoms with Crippen molar-refractivity contribution in [3.63, 3.8) is 0 Å². The molecule has 0 spiro atoms. The molecule has 0 aliphatic carbocycles. The number of hydrogen-bond donors (Lipinski definition) is 0. The van der Waals surface area contributed by atoms with Gasteiger partial charge < -0.3 is 13.6 Å². The fraction of sp³-hybridized carbons (Fsp3) is 0.231. The summed E-state index contributed by atoms with van der Waals surface area (Å²) in [5.74, 6) is -0.108. The van der Waals surface area contributed by atoms with Crippen LogP contribution in [0.3, 0.4) is 0 Å². The van der Waals surface area contributed by atoms with Gasteiger partial charge in [-0.1, -0.05) is 49.9 Å². The van der Waals surface area contributed by atoms with E-state index in [1.165, 1.54) is 12.5 Å². The van der Waals surface area contributed by atoms with E-state index >= 15 is 0 Å². The van der Waals surface area contributed by atoms with E-state index in [4.69, 9.17) is 25.2 Å². The Morgan fingerprint density at radius 2 is 1.84 bits per heavy atom. The number of carbonyl (C=O) groups is 1. The van der Waals surface area contributed by atoms with Crippen LogP contribution in [-0.4, -0.2) is 5.97 Å². The summed E-state index contributed by atoms with van der Waals surface area (Å²) in [6.07, 6.45) is 7.74. The second-order valence-electron chi connectivity index (χ2n) is 7.62. The van der Waals surface area contributed by atoms with Gasteiger partial charge in [0.05, 0.1) is 17.2 Å². The van der Waals surface area contributed by atoms with Crippen molar-refractivity contribution in [3.8, 4) is 16.9 Å². The third-order valence-electron chi connectivity index (χ3n) is 5.34. The molecular formula is C26H23ClO5. The fourth-order valence-electron chi connectivity index (χ4n) is 3.61. The van der Waals surface area contributed by atoms with Crippen LogP contribution in [0.15, 0.2) is 74.7 Å². The van der Waals surface area contributed by atoms with Crippen molar-refractivity contribution < 1.29 is 18.4 Å². The standard InChI is InChI=1S/C26H23ClO5/c1-2-3-4-5-7-18-14-20-24(15-23(18)32-26(29)22-8-6-13-30-22)31-16-21(25(20)28)17-9-11-19(27)12-10-17/h6,8-16H,2-5,7H2,1H3. The smallest absolute Gasteiger partial charge is 0.379 e. The number of unbranched alkanes of at least 4 members (excludes halogenated alkanes) is 3. The second kappa shape index (κ2) is 9.88. The summed E-state index contributed by atoms with van der Waals surface area (Å²) in [5.41, 5.74) is 2.17. The number of ether oxygens (including phenoxy) is 1. The first-order valence-electron chi connectivity index (χ1n) is 10.7. The van der Waals surface area contributed by atoms with Crippen LogP contribution in [0.5, 0.6) is 5.75 Å². The molecule has 6 heteroatoms. The lowest BCUT2D eigenvalue weighted by atomic mass is 10.0. The Morgan fingerprint density at radius 1 is 1.03 bits per heavy atom. The number of carbonyl (C=O) groups excluding carboxylic acids is 1. The fourth-order valence-corrected chi connectivity index (χ4v) is 3.73. The molecule has 164 valence electrons. The van der Waals surface area contributed by atoms with E-state index in [-0.39, 0.29) is 11.2 Å². The van der Waals surface area contributed by atoms with Crippen molar-refractivity contribution in [2.45, 2.75) is 39.0 Å². The van der Waals surface area contributed by atoms with Gasteiger partial charge in [-0.3, -0.25) is 4.79 Å². The normalized spacial score (nSPS) is 11.1. The van der Waals surface area contributed by atoms with Crippen LogP contribution >= 0.6 is 11.6 Å². The molecule has 32 heavy (non-hydrogen) atoms. The number of benzene rings is 2. The van der Waals surface area contributed by atoms with Gasteiger partial charge in [-0.25, -0.2) is 4.79 Å². The Balaban J connectivity index is 1.74. The third kappa shape index (κ3) is 4.78. The molecule has 0 aliphatic heterocycles. The first-order valence-corrected chi connectivity index (χ1v) is 11.0. The van der Waals surface area contributed by atoms with E-state index < -0.39 is 5.97 Å². The molecule has 2 heterocycles. The minimum absolute atomic E-state index is 0.113. The van der Waals surface area contributed by atoms with Crippen molar-refractivity contribution in [1.82, 2.24) is 0 Å². The van der Waals surface area contributed by atoms with Crippen LogP contribution in [0.25, 0.3) is 22.1 Å². The highest BCUT2D eigenvalue weighted by Gasteiger charge is 2.18. The van der Waals surface area contributed by atoms with Crippen LogP contribution in [0.1, 0.15) is 48.7 Å². The molecule has 0 saturated carbocycles. The lowest BCUT2D eigenvalue weighted by Crippen LogP contribution is -2.10. The third-order valence-corrected chi connectivity index (χ3v) is 5.59. The number of esters is 1. The average Bonchev–Trinajstić information content (AvgIpc) is 3.33. The summed E-state index contributed by atoms with van der Waals surface area (Å²) < 4.78 is 16.5. The maximum absolute atomic E-state index is 13.2.